The summed E-state index contributed by atoms with van der Waals surface area (Å²) in [7, 11) is 0. The third-order valence-electron chi connectivity index (χ3n) is 2.48. The minimum absolute atomic E-state index is 0.331. The predicted octanol–water partition coefficient (Wildman–Crippen LogP) is 0.239. The number of rotatable bonds is 4. The van der Waals surface area contributed by atoms with E-state index in [4.69, 9.17) is 10.8 Å². The van der Waals surface area contributed by atoms with Crippen LogP contribution in [0.15, 0.2) is 18.2 Å². The summed E-state index contributed by atoms with van der Waals surface area (Å²) in [6.45, 7) is 4.13. The first kappa shape index (κ1) is 12.7. The molecule has 1 unspecified atom stereocenters. The van der Waals surface area contributed by atoms with Crippen LogP contribution in [0.1, 0.15) is 16.7 Å². The van der Waals surface area contributed by atoms with E-state index >= 15 is 0 Å². The fourth-order valence-electron chi connectivity index (χ4n) is 1.44. The first-order valence-electron chi connectivity index (χ1n) is 5.25. The maximum atomic E-state index is 11.3. The largest absolute Gasteiger partial charge is 0.394 e. The average Bonchev–Trinajstić information content (AvgIpc) is 2.26. The van der Waals surface area contributed by atoms with Gasteiger partial charge in [0, 0.05) is 6.54 Å². The van der Waals surface area contributed by atoms with Crippen molar-refractivity contribution in [3.8, 4) is 0 Å². The van der Waals surface area contributed by atoms with Crippen LogP contribution < -0.4 is 11.1 Å². The van der Waals surface area contributed by atoms with Crippen LogP contribution >= 0.6 is 0 Å². The van der Waals surface area contributed by atoms with Gasteiger partial charge in [0.1, 0.15) is 6.04 Å². The summed E-state index contributed by atoms with van der Waals surface area (Å²) in [5.74, 6) is -0.331. The molecule has 0 bridgehead atoms. The first-order valence-corrected chi connectivity index (χ1v) is 5.25. The Morgan fingerprint density at radius 1 is 1.50 bits per heavy atom. The quantitative estimate of drug-likeness (QED) is 0.683. The summed E-state index contributed by atoms with van der Waals surface area (Å²) >= 11 is 0. The number of carbonyl (C=O) groups excluding carboxylic acids is 1. The van der Waals surface area contributed by atoms with Crippen molar-refractivity contribution in [3.05, 3.63) is 34.9 Å². The minimum Gasteiger partial charge on any atom is -0.394 e. The molecule has 1 amide bonds. The number of aryl methyl sites for hydroxylation is 2. The molecule has 0 aliphatic heterocycles. The van der Waals surface area contributed by atoms with E-state index in [2.05, 4.69) is 11.4 Å². The van der Waals surface area contributed by atoms with Crippen LogP contribution in [0.25, 0.3) is 0 Å². The molecule has 4 heteroatoms. The van der Waals surface area contributed by atoms with Crippen molar-refractivity contribution in [2.45, 2.75) is 26.4 Å². The lowest BCUT2D eigenvalue weighted by Crippen LogP contribution is -2.42. The Morgan fingerprint density at radius 2 is 2.19 bits per heavy atom. The van der Waals surface area contributed by atoms with Crippen LogP contribution in [-0.2, 0) is 11.3 Å². The zero-order chi connectivity index (χ0) is 12.1. The highest BCUT2D eigenvalue weighted by molar-refractivity contribution is 5.81. The molecule has 0 saturated carbocycles. The Kier molecular flexibility index (Phi) is 4.46. The van der Waals surface area contributed by atoms with Gasteiger partial charge in [-0.25, -0.2) is 0 Å². The lowest BCUT2D eigenvalue weighted by Gasteiger charge is -2.11. The Bertz CT molecular complexity index is 377. The molecule has 1 aromatic rings. The van der Waals surface area contributed by atoms with Gasteiger partial charge in [0.05, 0.1) is 6.61 Å². The molecule has 1 rings (SSSR count). The van der Waals surface area contributed by atoms with Gasteiger partial charge in [-0.05, 0) is 25.0 Å². The van der Waals surface area contributed by atoms with Crippen LogP contribution in [0.5, 0.6) is 0 Å². The number of nitrogens with two attached hydrogens (primary N) is 1. The monoisotopic (exact) mass is 222 g/mol. The number of hydrogen-bond donors (Lipinski definition) is 3. The van der Waals surface area contributed by atoms with Gasteiger partial charge in [0.25, 0.3) is 0 Å². The zero-order valence-electron chi connectivity index (χ0n) is 9.66. The molecule has 88 valence electrons. The number of benzene rings is 1. The number of amides is 1. The normalized spacial score (nSPS) is 12.2. The van der Waals surface area contributed by atoms with E-state index < -0.39 is 6.04 Å². The SMILES string of the molecule is Cc1ccc(CNC(=O)C(N)CO)c(C)c1. The highest BCUT2D eigenvalue weighted by atomic mass is 16.3. The van der Waals surface area contributed by atoms with Gasteiger partial charge in [-0.3, -0.25) is 4.79 Å². The van der Waals surface area contributed by atoms with E-state index in [0.29, 0.717) is 6.54 Å². The zero-order valence-corrected chi connectivity index (χ0v) is 9.66. The molecular weight excluding hydrogens is 204 g/mol. The molecule has 16 heavy (non-hydrogen) atoms. The molecule has 0 fully saturated rings. The Labute approximate surface area is 95.5 Å². The molecule has 1 aromatic carbocycles. The Morgan fingerprint density at radius 3 is 2.75 bits per heavy atom. The van der Waals surface area contributed by atoms with Crippen molar-refractivity contribution in [3.63, 3.8) is 0 Å². The topological polar surface area (TPSA) is 75.4 Å². The molecule has 0 aromatic heterocycles. The molecule has 0 aliphatic rings. The van der Waals surface area contributed by atoms with Crippen LogP contribution in [0.3, 0.4) is 0 Å². The highest BCUT2D eigenvalue weighted by Crippen LogP contribution is 2.09. The number of nitrogens with one attached hydrogen (secondary N) is 1. The summed E-state index contributed by atoms with van der Waals surface area (Å²) in [6.07, 6.45) is 0. The van der Waals surface area contributed by atoms with Crippen LogP contribution in [0.2, 0.25) is 0 Å². The molecule has 0 heterocycles. The fraction of sp³-hybridized carbons (Fsp3) is 0.417. The summed E-state index contributed by atoms with van der Waals surface area (Å²) in [5.41, 5.74) is 8.77. The summed E-state index contributed by atoms with van der Waals surface area (Å²) in [4.78, 5) is 11.3. The molecule has 4 nitrogen and oxygen atoms in total. The maximum absolute atomic E-state index is 11.3. The lowest BCUT2D eigenvalue weighted by molar-refractivity contribution is -0.123. The van der Waals surface area contributed by atoms with Crippen LogP contribution in [0, 0.1) is 13.8 Å². The molecule has 0 saturated heterocycles. The highest BCUT2D eigenvalue weighted by Gasteiger charge is 2.11. The number of carbonyl (C=O) groups is 1. The van der Waals surface area contributed by atoms with E-state index in [-0.39, 0.29) is 12.5 Å². The van der Waals surface area contributed by atoms with Crippen LogP contribution in [0.4, 0.5) is 0 Å². The summed E-state index contributed by atoms with van der Waals surface area (Å²) in [6, 6.07) is 5.20. The van der Waals surface area contributed by atoms with E-state index in [1.54, 1.807) is 0 Å². The second kappa shape index (κ2) is 5.63. The molecule has 4 N–H and O–H groups in total. The summed E-state index contributed by atoms with van der Waals surface area (Å²) < 4.78 is 0. The van der Waals surface area contributed by atoms with E-state index in [0.717, 1.165) is 11.1 Å². The number of aliphatic hydroxyl groups excluding tert-OH is 1. The van der Waals surface area contributed by atoms with Gasteiger partial charge < -0.3 is 16.2 Å². The molecule has 0 aliphatic carbocycles. The van der Waals surface area contributed by atoms with E-state index in [1.165, 1.54) is 5.56 Å². The second-order valence-electron chi connectivity index (χ2n) is 3.94. The van der Waals surface area contributed by atoms with E-state index in [1.807, 2.05) is 26.0 Å². The van der Waals surface area contributed by atoms with Crippen molar-refractivity contribution >= 4 is 5.91 Å². The van der Waals surface area contributed by atoms with Gasteiger partial charge >= 0.3 is 0 Å². The fourth-order valence-corrected chi connectivity index (χ4v) is 1.44. The summed E-state index contributed by atoms with van der Waals surface area (Å²) in [5, 5.41) is 11.4. The van der Waals surface area contributed by atoms with Crippen molar-refractivity contribution in [1.82, 2.24) is 5.32 Å². The van der Waals surface area contributed by atoms with Crippen molar-refractivity contribution < 1.29 is 9.90 Å². The van der Waals surface area contributed by atoms with Gasteiger partial charge in [0.2, 0.25) is 5.91 Å². The first-order chi connectivity index (χ1) is 7.54. The lowest BCUT2D eigenvalue weighted by atomic mass is 10.1. The minimum atomic E-state index is -0.842. The third kappa shape index (κ3) is 3.32. The van der Waals surface area contributed by atoms with Crippen molar-refractivity contribution in [2.24, 2.45) is 5.73 Å². The second-order valence-corrected chi connectivity index (χ2v) is 3.94. The van der Waals surface area contributed by atoms with Gasteiger partial charge in [0.15, 0.2) is 0 Å². The number of aliphatic hydroxyl groups is 1. The Hall–Kier alpha value is -1.39. The standard InChI is InChI=1S/C12H18N2O2/c1-8-3-4-10(9(2)5-8)6-14-12(16)11(13)7-15/h3-5,11,15H,6-7,13H2,1-2H3,(H,14,16). The van der Waals surface area contributed by atoms with Crippen molar-refractivity contribution in [1.29, 1.82) is 0 Å². The predicted molar refractivity (Wildman–Crippen MR) is 62.8 cm³/mol. The van der Waals surface area contributed by atoms with E-state index in [9.17, 15) is 4.79 Å². The molecule has 0 spiro atoms. The van der Waals surface area contributed by atoms with Gasteiger partial charge in [-0.1, -0.05) is 23.8 Å². The van der Waals surface area contributed by atoms with Crippen molar-refractivity contribution in [2.75, 3.05) is 6.61 Å². The third-order valence-corrected chi connectivity index (χ3v) is 2.48. The average molecular weight is 222 g/mol. The number of hydrogen-bond acceptors (Lipinski definition) is 3. The van der Waals surface area contributed by atoms with Crippen LogP contribution in [-0.4, -0.2) is 23.7 Å². The van der Waals surface area contributed by atoms with Gasteiger partial charge in [-0.15, -0.1) is 0 Å². The molecular formula is C12H18N2O2. The molecule has 0 radical (unpaired) electrons. The maximum Gasteiger partial charge on any atom is 0.239 e. The van der Waals surface area contributed by atoms with Gasteiger partial charge in [-0.2, -0.15) is 0 Å². The smallest absolute Gasteiger partial charge is 0.239 e. The molecule has 1 atom stereocenters. The Balaban J connectivity index is 2.58.